The molecule has 1 aromatic rings. The highest BCUT2D eigenvalue weighted by Crippen LogP contribution is 2.45. The normalized spacial score (nSPS) is 33.4. The van der Waals surface area contributed by atoms with Crippen molar-refractivity contribution in [1.29, 1.82) is 0 Å². The van der Waals surface area contributed by atoms with Crippen LogP contribution in [0.4, 0.5) is 0 Å². The zero-order valence-corrected chi connectivity index (χ0v) is 11.9. The lowest BCUT2D eigenvalue weighted by Gasteiger charge is -2.44. The van der Waals surface area contributed by atoms with Crippen molar-refractivity contribution < 1.29 is 55.5 Å². The van der Waals surface area contributed by atoms with Crippen molar-refractivity contribution in [3.05, 3.63) is 11.6 Å². The predicted octanol–water partition coefficient (Wildman–Crippen LogP) is -3.15. The summed E-state index contributed by atoms with van der Waals surface area (Å²) in [6.45, 7) is -0.932. The highest BCUT2D eigenvalue weighted by atomic mass is 16.7. The molecule has 1 heterocycles. The summed E-state index contributed by atoms with van der Waals surface area (Å²) in [7, 11) is 0. The highest BCUT2D eigenvalue weighted by Gasteiger charge is 2.57. The molecule has 11 nitrogen and oxygen atoms in total. The number of ketones is 1. The summed E-state index contributed by atoms with van der Waals surface area (Å²) < 4.78 is 4.76. The number of benzene rings is 1. The summed E-state index contributed by atoms with van der Waals surface area (Å²) in [6, 6.07) is 0.478. The second-order valence-electron chi connectivity index (χ2n) is 5.28. The molecule has 5 atom stereocenters. The van der Waals surface area contributed by atoms with E-state index in [1.54, 1.807) is 0 Å². The van der Waals surface area contributed by atoms with E-state index >= 15 is 0 Å². The molecule has 0 aliphatic carbocycles. The first-order valence-electron chi connectivity index (χ1n) is 6.63. The number of phenols is 4. The third-order valence-electron chi connectivity index (χ3n) is 3.76. The molecule has 1 unspecified atom stereocenters. The van der Waals surface area contributed by atoms with Crippen LogP contribution in [0, 0.1) is 0 Å². The number of hydrogen-bond acceptors (Lipinski definition) is 11. The SMILES string of the molecule is O=C(c1cc(O)c(O)c(O)c1O)C1(O)O[C@H](CO)[C@@H](O)[C@H](O)[C@H]1O. The number of aliphatic hydroxyl groups is 5. The fourth-order valence-electron chi connectivity index (χ4n) is 2.34. The summed E-state index contributed by atoms with van der Waals surface area (Å²) in [5, 5.41) is 86.3. The van der Waals surface area contributed by atoms with Crippen LogP contribution in [0.15, 0.2) is 6.07 Å². The van der Waals surface area contributed by atoms with E-state index in [9.17, 15) is 45.6 Å². The molecule has 1 saturated heterocycles. The van der Waals surface area contributed by atoms with Crippen LogP contribution in [0.5, 0.6) is 23.0 Å². The minimum absolute atomic E-state index is 0.478. The van der Waals surface area contributed by atoms with Crippen molar-refractivity contribution in [3.8, 4) is 23.0 Å². The van der Waals surface area contributed by atoms with Crippen LogP contribution in [0.2, 0.25) is 0 Å². The number of ether oxygens (including phenoxy) is 1. The Morgan fingerprint density at radius 1 is 1.04 bits per heavy atom. The lowest BCUT2D eigenvalue weighted by atomic mass is 9.87. The average Bonchev–Trinajstić information content (AvgIpc) is 2.56. The Morgan fingerprint density at radius 2 is 1.62 bits per heavy atom. The van der Waals surface area contributed by atoms with Gasteiger partial charge in [-0.15, -0.1) is 0 Å². The molecule has 2 rings (SSSR count). The van der Waals surface area contributed by atoms with E-state index in [0.717, 1.165) is 0 Å². The van der Waals surface area contributed by atoms with Gasteiger partial charge in [-0.2, -0.15) is 0 Å². The number of Topliss-reactive ketones (excluding diaryl/α,β-unsaturated/α-hetero) is 1. The van der Waals surface area contributed by atoms with E-state index in [0.29, 0.717) is 6.07 Å². The predicted molar refractivity (Wildman–Crippen MR) is 72.4 cm³/mol. The van der Waals surface area contributed by atoms with Crippen molar-refractivity contribution in [1.82, 2.24) is 0 Å². The Hall–Kier alpha value is -2.15. The van der Waals surface area contributed by atoms with Gasteiger partial charge in [-0.05, 0) is 6.07 Å². The van der Waals surface area contributed by atoms with Gasteiger partial charge < -0.3 is 50.7 Å². The number of aliphatic hydroxyl groups excluding tert-OH is 4. The molecule has 1 aliphatic rings. The lowest BCUT2D eigenvalue weighted by molar-refractivity contribution is -0.322. The maximum Gasteiger partial charge on any atom is 0.261 e. The quantitative estimate of drug-likeness (QED) is 0.151. The molecule has 0 bridgehead atoms. The third kappa shape index (κ3) is 2.53. The van der Waals surface area contributed by atoms with Gasteiger partial charge in [0.15, 0.2) is 11.5 Å². The van der Waals surface area contributed by atoms with Crippen LogP contribution in [0.1, 0.15) is 10.4 Å². The monoisotopic (exact) mass is 348 g/mol. The summed E-state index contributed by atoms with van der Waals surface area (Å²) in [4.78, 5) is 12.4. The van der Waals surface area contributed by atoms with E-state index in [1.807, 2.05) is 0 Å². The summed E-state index contributed by atoms with van der Waals surface area (Å²) >= 11 is 0. The Labute approximate surface area is 133 Å². The molecule has 1 aromatic carbocycles. The Balaban J connectivity index is 2.52. The molecule has 11 heteroatoms. The minimum Gasteiger partial charge on any atom is -0.504 e. The standard InChI is InChI=1S/C13H16O11/c14-2-5-8(18)10(20)12(22)13(23,24-5)11(21)3-1-4(15)7(17)9(19)6(3)16/h1,5,8,10,12,14-20,22-23H,2H2/t5-,8-,10+,12-,13?/m1/s1. The first-order valence-corrected chi connectivity index (χ1v) is 6.63. The van der Waals surface area contributed by atoms with Gasteiger partial charge >= 0.3 is 0 Å². The van der Waals surface area contributed by atoms with Crippen LogP contribution < -0.4 is 0 Å². The van der Waals surface area contributed by atoms with Crippen molar-refractivity contribution in [2.75, 3.05) is 6.61 Å². The lowest BCUT2D eigenvalue weighted by Crippen LogP contribution is -2.68. The van der Waals surface area contributed by atoms with E-state index < -0.39 is 71.2 Å². The number of carbonyl (C=O) groups is 1. The number of carbonyl (C=O) groups excluding carboxylic acids is 1. The van der Waals surface area contributed by atoms with E-state index in [1.165, 1.54) is 0 Å². The zero-order chi connectivity index (χ0) is 18.4. The van der Waals surface area contributed by atoms with E-state index in [4.69, 9.17) is 9.84 Å². The molecule has 0 amide bonds. The summed E-state index contributed by atoms with van der Waals surface area (Å²) in [5.41, 5.74) is -0.954. The van der Waals surface area contributed by atoms with Crippen molar-refractivity contribution in [3.63, 3.8) is 0 Å². The van der Waals surface area contributed by atoms with Gasteiger partial charge in [-0.25, -0.2) is 0 Å². The molecule has 134 valence electrons. The molecule has 9 N–H and O–H groups in total. The second kappa shape index (κ2) is 6.05. The molecule has 0 spiro atoms. The van der Waals surface area contributed by atoms with Gasteiger partial charge in [0.1, 0.15) is 24.4 Å². The van der Waals surface area contributed by atoms with Gasteiger partial charge in [0.05, 0.1) is 12.2 Å². The minimum atomic E-state index is -3.22. The van der Waals surface area contributed by atoms with Crippen LogP contribution in [0.25, 0.3) is 0 Å². The maximum atomic E-state index is 12.4. The Bertz CT molecular complexity index is 658. The topological polar surface area (TPSA) is 208 Å². The average molecular weight is 348 g/mol. The van der Waals surface area contributed by atoms with Gasteiger partial charge in [0.2, 0.25) is 17.3 Å². The number of hydrogen-bond donors (Lipinski definition) is 9. The Morgan fingerprint density at radius 3 is 2.17 bits per heavy atom. The summed E-state index contributed by atoms with van der Waals surface area (Å²) in [5.74, 6) is -9.50. The van der Waals surface area contributed by atoms with Crippen molar-refractivity contribution in [2.45, 2.75) is 30.2 Å². The Kier molecular flexibility index (Phi) is 4.59. The van der Waals surface area contributed by atoms with Crippen molar-refractivity contribution >= 4 is 5.78 Å². The van der Waals surface area contributed by atoms with Gasteiger partial charge in [-0.1, -0.05) is 0 Å². The molecule has 24 heavy (non-hydrogen) atoms. The van der Waals surface area contributed by atoms with Crippen LogP contribution >= 0.6 is 0 Å². The van der Waals surface area contributed by atoms with Crippen LogP contribution in [0.3, 0.4) is 0 Å². The van der Waals surface area contributed by atoms with Crippen LogP contribution in [-0.2, 0) is 4.74 Å². The van der Waals surface area contributed by atoms with Crippen LogP contribution in [-0.4, -0.2) is 88.6 Å². The van der Waals surface area contributed by atoms with Gasteiger partial charge in [-0.3, -0.25) is 4.79 Å². The number of phenolic OH excluding ortho intramolecular Hbond substituents is 4. The number of rotatable bonds is 3. The van der Waals surface area contributed by atoms with E-state index in [2.05, 4.69) is 0 Å². The first-order chi connectivity index (χ1) is 11.1. The maximum absolute atomic E-state index is 12.4. The van der Waals surface area contributed by atoms with Gasteiger partial charge in [0.25, 0.3) is 5.79 Å². The molecular weight excluding hydrogens is 332 g/mol. The highest BCUT2D eigenvalue weighted by molar-refractivity contribution is 6.05. The molecule has 0 radical (unpaired) electrons. The molecule has 1 fully saturated rings. The molecular formula is C13H16O11. The molecule has 1 aliphatic heterocycles. The first kappa shape index (κ1) is 18.2. The molecule has 0 saturated carbocycles. The fourth-order valence-corrected chi connectivity index (χ4v) is 2.34. The van der Waals surface area contributed by atoms with E-state index in [-0.39, 0.29) is 0 Å². The second-order valence-corrected chi connectivity index (χ2v) is 5.28. The van der Waals surface area contributed by atoms with Crippen molar-refractivity contribution in [2.24, 2.45) is 0 Å². The smallest absolute Gasteiger partial charge is 0.261 e. The third-order valence-corrected chi connectivity index (χ3v) is 3.76. The number of aromatic hydroxyl groups is 4. The fraction of sp³-hybridized carbons (Fsp3) is 0.462. The largest absolute Gasteiger partial charge is 0.504 e. The zero-order valence-electron chi connectivity index (χ0n) is 11.9. The molecule has 0 aromatic heterocycles. The summed E-state index contributed by atoms with van der Waals surface area (Å²) in [6.07, 6.45) is -7.96. The van der Waals surface area contributed by atoms with Gasteiger partial charge in [0, 0.05) is 0 Å².